The standard InChI is InChI=1S/C23H34N4/c1-25(2)22-13-14-27(17-22)16-21-15-26(3)24-23(21)20-11-9-19(10-12-20)18-7-5-4-6-8-18/h9-12,15,18,22H,4-8,13-14,16-17H2,1-3H3. The van der Waals surface area contributed by atoms with Crippen LogP contribution in [0.2, 0.25) is 0 Å². The molecule has 2 aliphatic rings. The number of benzene rings is 1. The van der Waals surface area contributed by atoms with Crippen LogP contribution in [0.1, 0.15) is 55.6 Å². The van der Waals surface area contributed by atoms with Crippen molar-refractivity contribution in [2.45, 2.75) is 57.0 Å². The van der Waals surface area contributed by atoms with Crippen LogP contribution in [0.15, 0.2) is 30.5 Å². The lowest BCUT2D eigenvalue weighted by molar-refractivity contribution is 0.265. The summed E-state index contributed by atoms with van der Waals surface area (Å²) in [5.41, 5.74) is 5.28. The predicted molar refractivity (Wildman–Crippen MR) is 112 cm³/mol. The number of rotatable bonds is 5. The molecule has 0 amide bonds. The second kappa shape index (κ2) is 8.15. The number of nitrogens with zero attached hydrogens (tertiary/aromatic N) is 4. The van der Waals surface area contributed by atoms with Gasteiger partial charge < -0.3 is 4.90 Å². The summed E-state index contributed by atoms with van der Waals surface area (Å²) in [5.74, 6) is 0.767. The quantitative estimate of drug-likeness (QED) is 0.790. The van der Waals surface area contributed by atoms with Gasteiger partial charge in [-0.1, -0.05) is 43.5 Å². The van der Waals surface area contributed by atoms with Gasteiger partial charge in [0.2, 0.25) is 0 Å². The van der Waals surface area contributed by atoms with Crippen molar-refractivity contribution in [1.29, 1.82) is 0 Å². The van der Waals surface area contributed by atoms with Crippen LogP contribution in [-0.2, 0) is 13.6 Å². The van der Waals surface area contributed by atoms with Crippen molar-refractivity contribution in [3.63, 3.8) is 0 Å². The summed E-state index contributed by atoms with van der Waals surface area (Å²) in [6, 6.07) is 9.97. The molecule has 1 aromatic carbocycles. The van der Waals surface area contributed by atoms with Crippen molar-refractivity contribution in [2.24, 2.45) is 7.05 Å². The van der Waals surface area contributed by atoms with Crippen molar-refractivity contribution in [3.8, 4) is 11.3 Å². The summed E-state index contributed by atoms with van der Waals surface area (Å²) in [7, 11) is 6.42. The molecule has 1 saturated carbocycles. The van der Waals surface area contributed by atoms with E-state index in [0.717, 1.165) is 24.7 Å². The Morgan fingerprint density at radius 2 is 1.78 bits per heavy atom. The van der Waals surface area contributed by atoms with Gasteiger partial charge >= 0.3 is 0 Å². The van der Waals surface area contributed by atoms with Crippen LogP contribution < -0.4 is 0 Å². The Labute approximate surface area is 164 Å². The maximum absolute atomic E-state index is 4.80. The second-order valence-electron chi connectivity index (χ2n) is 8.77. The number of aryl methyl sites for hydroxylation is 1. The minimum absolute atomic E-state index is 0.680. The first-order valence-corrected chi connectivity index (χ1v) is 10.6. The average Bonchev–Trinajstić information content (AvgIpc) is 3.30. The summed E-state index contributed by atoms with van der Waals surface area (Å²) in [6.07, 6.45) is 10.4. The van der Waals surface area contributed by atoms with Gasteiger partial charge in [-0.25, -0.2) is 0 Å². The molecule has 0 N–H and O–H groups in total. The van der Waals surface area contributed by atoms with Crippen LogP contribution in [0.4, 0.5) is 0 Å². The largest absolute Gasteiger partial charge is 0.305 e. The van der Waals surface area contributed by atoms with E-state index in [-0.39, 0.29) is 0 Å². The molecule has 2 aromatic rings. The van der Waals surface area contributed by atoms with Crippen molar-refractivity contribution >= 4 is 0 Å². The minimum Gasteiger partial charge on any atom is -0.305 e. The zero-order chi connectivity index (χ0) is 18.8. The summed E-state index contributed by atoms with van der Waals surface area (Å²) < 4.78 is 1.97. The highest BCUT2D eigenvalue weighted by Crippen LogP contribution is 2.34. The summed E-state index contributed by atoms with van der Waals surface area (Å²) in [6.45, 7) is 3.33. The van der Waals surface area contributed by atoms with Crippen molar-refractivity contribution in [2.75, 3.05) is 27.2 Å². The van der Waals surface area contributed by atoms with Crippen molar-refractivity contribution in [1.82, 2.24) is 19.6 Å². The summed E-state index contributed by atoms with van der Waals surface area (Å²) in [4.78, 5) is 4.93. The van der Waals surface area contributed by atoms with E-state index in [1.54, 1.807) is 0 Å². The van der Waals surface area contributed by atoms with Gasteiger partial charge in [0.15, 0.2) is 0 Å². The van der Waals surface area contributed by atoms with Gasteiger partial charge in [-0.05, 0) is 44.8 Å². The zero-order valence-electron chi connectivity index (χ0n) is 17.2. The van der Waals surface area contributed by atoms with Gasteiger partial charge in [0, 0.05) is 50.0 Å². The topological polar surface area (TPSA) is 24.3 Å². The van der Waals surface area contributed by atoms with Crippen LogP contribution >= 0.6 is 0 Å². The van der Waals surface area contributed by atoms with E-state index >= 15 is 0 Å². The molecular weight excluding hydrogens is 332 g/mol. The highest BCUT2D eigenvalue weighted by molar-refractivity contribution is 5.63. The third-order valence-electron chi connectivity index (χ3n) is 6.54. The lowest BCUT2D eigenvalue weighted by Gasteiger charge is -2.22. The normalized spacial score (nSPS) is 22.0. The first-order valence-electron chi connectivity index (χ1n) is 10.6. The van der Waals surface area contributed by atoms with Crippen molar-refractivity contribution in [3.05, 3.63) is 41.6 Å². The summed E-state index contributed by atoms with van der Waals surface area (Å²) >= 11 is 0. The maximum Gasteiger partial charge on any atom is 0.0968 e. The van der Waals surface area contributed by atoms with Crippen LogP contribution in [-0.4, -0.2) is 52.8 Å². The first-order chi connectivity index (χ1) is 13.1. The fourth-order valence-corrected chi connectivity index (χ4v) is 4.86. The first kappa shape index (κ1) is 18.7. The van der Waals surface area contributed by atoms with E-state index in [4.69, 9.17) is 5.10 Å². The second-order valence-corrected chi connectivity index (χ2v) is 8.77. The van der Waals surface area contributed by atoms with E-state index in [1.165, 1.54) is 61.8 Å². The van der Waals surface area contributed by atoms with Gasteiger partial charge in [0.1, 0.15) is 0 Å². The van der Waals surface area contributed by atoms with Crippen LogP contribution in [0.25, 0.3) is 11.3 Å². The molecule has 2 heterocycles. The molecule has 1 aliphatic carbocycles. The monoisotopic (exact) mass is 366 g/mol. The average molecular weight is 367 g/mol. The van der Waals surface area contributed by atoms with Gasteiger partial charge in [-0.2, -0.15) is 5.10 Å². The van der Waals surface area contributed by atoms with E-state index in [2.05, 4.69) is 54.4 Å². The smallest absolute Gasteiger partial charge is 0.0968 e. The molecule has 0 bridgehead atoms. The molecule has 1 saturated heterocycles. The lowest BCUT2D eigenvalue weighted by Crippen LogP contribution is -2.31. The molecule has 1 aromatic heterocycles. The molecule has 146 valence electrons. The molecule has 4 nitrogen and oxygen atoms in total. The molecule has 4 heteroatoms. The molecule has 1 unspecified atom stereocenters. The number of aromatic nitrogens is 2. The Bertz CT molecular complexity index is 740. The van der Waals surface area contributed by atoms with Crippen LogP contribution in [0.5, 0.6) is 0 Å². The van der Waals surface area contributed by atoms with Gasteiger partial charge in [0.05, 0.1) is 5.69 Å². The lowest BCUT2D eigenvalue weighted by atomic mass is 9.84. The van der Waals surface area contributed by atoms with Gasteiger partial charge in [-0.3, -0.25) is 9.58 Å². The third kappa shape index (κ3) is 4.27. The van der Waals surface area contributed by atoms with E-state index in [9.17, 15) is 0 Å². The molecule has 4 rings (SSSR count). The third-order valence-corrected chi connectivity index (χ3v) is 6.54. The maximum atomic E-state index is 4.80. The highest BCUT2D eigenvalue weighted by atomic mass is 15.3. The highest BCUT2D eigenvalue weighted by Gasteiger charge is 2.25. The van der Waals surface area contributed by atoms with E-state index < -0.39 is 0 Å². The molecule has 27 heavy (non-hydrogen) atoms. The Morgan fingerprint density at radius 3 is 2.44 bits per heavy atom. The fraction of sp³-hybridized carbons (Fsp3) is 0.609. The Morgan fingerprint density at radius 1 is 1.04 bits per heavy atom. The Balaban J connectivity index is 1.49. The van der Waals surface area contributed by atoms with Gasteiger partial charge in [0.25, 0.3) is 0 Å². The van der Waals surface area contributed by atoms with E-state index in [0.29, 0.717) is 6.04 Å². The Kier molecular flexibility index (Phi) is 5.65. The van der Waals surface area contributed by atoms with E-state index in [1.807, 2.05) is 11.7 Å². The molecule has 1 aliphatic heterocycles. The fourth-order valence-electron chi connectivity index (χ4n) is 4.86. The SMILES string of the molecule is CN(C)C1CCN(Cc2cn(C)nc2-c2ccc(C3CCCCC3)cc2)C1. The molecule has 0 radical (unpaired) electrons. The Hall–Kier alpha value is -1.65. The molecule has 1 atom stereocenters. The number of hydrogen-bond donors (Lipinski definition) is 0. The predicted octanol–water partition coefficient (Wildman–Crippen LogP) is 4.27. The number of hydrogen-bond acceptors (Lipinski definition) is 3. The number of likely N-dealkylation sites (N-methyl/N-ethyl adjacent to an activating group) is 1. The van der Waals surface area contributed by atoms with Crippen LogP contribution in [0.3, 0.4) is 0 Å². The van der Waals surface area contributed by atoms with Crippen LogP contribution in [0, 0.1) is 0 Å². The minimum atomic E-state index is 0.680. The summed E-state index contributed by atoms with van der Waals surface area (Å²) in [5, 5.41) is 4.80. The number of likely N-dealkylation sites (tertiary alicyclic amines) is 1. The zero-order valence-corrected chi connectivity index (χ0v) is 17.2. The molecular formula is C23H34N4. The molecule has 2 fully saturated rings. The van der Waals surface area contributed by atoms with Gasteiger partial charge in [-0.15, -0.1) is 0 Å². The molecule has 0 spiro atoms. The van der Waals surface area contributed by atoms with Crippen molar-refractivity contribution < 1.29 is 0 Å².